The maximum Gasteiger partial charge on any atom is 0.303 e. The Morgan fingerprint density at radius 2 is 1.93 bits per heavy atom. The lowest BCUT2D eigenvalue weighted by molar-refractivity contribution is -0.185. The average molecular weight is 377 g/mol. The number of hydrogen-bond acceptors (Lipinski definition) is 6. The summed E-state index contributed by atoms with van der Waals surface area (Å²) < 4.78 is 11.5. The molecule has 27 heavy (non-hydrogen) atoms. The Balaban J connectivity index is 2.04. The second-order valence-corrected chi connectivity index (χ2v) is 8.73. The van der Waals surface area contributed by atoms with Gasteiger partial charge in [0.1, 0.15) is 11.7 Å². The normalized spacial score (nSPS) is 39.1. The van der Waals surface area contributed by atoms with Crippen molar-refractivity contribution in [1.29, 1.82) is 0 Å². The van der Waals surface area contributed by atoms with Crippen molar-refractivity contribution in [2.45, 2.75) is 71.0 Å². The van der Waals surface area contributed by atoms with Gasteiger partial charge < -0.3 is 14.4 Å². The average Bonchev–Trinajstić information content (AvgIpc) is 2.81. The minimum absolute atomic E-state index is 0.0297. The summed E-state index contributed by atoms with van der Waals surface area (Å²) in [5.74, 6) is -0.502. The molecule has 1 spiro atoms. The summed E-state index contributed by atoms with van der Waals surface area (Å²) in [5, 5.41) is 0. The summed E-state index contributed by atoms with van der Waals surface area (Å²) >= 11 is 0. The van der Waals surface area contributed by atoms with E-state index in [0.29, 0.717) is 19.3 Å². The van der Waals surface area contributed by atoms with Gasteiger partial charge in [0.25, 0.3) is 0 Å². The number of nitrogens with zero attached hydrogens (tertiary/aromatic N) is 1. The van der Waals surface area contributed by atoms with Gasteiger partial charge in [-0.05, 0) is 52.1 Å². The van der Waals surface area contributed by atoms with Crippen molar-refractivity contribution in [3.05, 3.63) is 11.6 Å². The van der Waals surface area contributed by atoms with Crippen LogP contribution >= 0.6 is 0 Å². The molecule has 0 aromatic rings. The van der Waals surface area contributed by atoms with Gasteiger partial charge in [0.05, 0.1) is 0 Å². The standard InChI is InChI=1S/C21H31NO5/c1-14(23)26-19-13-20(3,27-15(2)24)12-16-11-18(25)17-7-5-9-22(4)10-6-8-21(16,17)19/h7,16,19H,5-6,8-13H2,1-4H3/b17-7-/t16-,19+,20+,21+/m1/s1. The first kappa shape index (κ1) is 20.1. The van der Waals surface area contributed by atoms with E-state index < -0.39 is 17.1 Å². The lowest BCUT2D eigenvalue weighted by Gasteiger charge is -2.51. The largest absolute Gasteiger partial charge is 0.461 e. The fraction of sp³-hybridized carbons (Fsp3) is 0.762. The van der Waals surface area contributed by atoms with Gasteiger partial charge in [-0.2, -0.15) is 0 Å². The molecule has 4 atom stereocenters. The zero-order valence-electron chi connectivity index (χ0n) is 16.9. The maximum atomic E-state index is 13.0. The molecule has 2 aliphatic carbocycles. The fourth-order valence-electron chi connectivity index (χ4n) is 5.63. The first-order valence-corrected chi connectivity index (χ1v) is 9.95. The van der Waals surface area contributed by atoms with Crippen LogP contribution in [0.5, 0.6) is 0 Å². The van der Waals surface area contributed by atoms with Gasteiger partial charge in [-0.15, -0.1) is 0 Å². The fourth-order valence-corrected chi connectivity index (χ4v) is 5.63. The first-order chi connectivity index (χ1) is 12.7. The van der Waals surface area contributed by atoms with E-state index >= 15 is 0 Å². The molecular formula is C21H31NO5. The lowest BCUT2D eigenvalue weighted by atomic mass is 9.58. The van der Waals surface area contributed by atoms with Crippen LogP contribution in [0.15, 0.2) is 11.6 Å². The predicted molar refractivity (Wildman–Crippen MR) is 99.9 cm³/mol. The van der Waals surface area contributed by atoms with Crippen molar-refractivity contribution < 1.29 is 23.9 Å². The maximum absolute atomic E-state index is 13.0. The molecule has 0 aromatic carbocycles. The Morgan fingerprint density at radius 1 is 1.19 bits per heavy atom. The molecular weight excluding hydrogens is 346 g/mol. The molecule has 6 heteroatoms. The van der Waals surface area contributed by atoms with Crippen LogP contribution in [-0.2, 0) is 23.9 Å². The Morgan fingerprint density at radius 3 is 2.59 bits per heavy atom. The number of Topliss-reactive ketones (excluding diaryl/α,β-unsaturated/α-hetero) is 1. The molecule has 1 aliphatic heterocycles. The topological polar surface area (TPSA) is 72.9 Å². The van der Waals surface area contributed by atoms with Gasteiger partial charge in [-0.1, -0.05) is 6.08 Å². The minimum atomic E-state index is -0.715. The molecule has 0 radical (unpaired) electrons. The number of carbonyl (C=O) groups excluding carboxylic acids is 3. The third kappa shape index (κ3) is 3.82. The van der Waals surface area contributed by atoms with E-state index in [0.717, 1.165) is 37.9 Å². The highest BCUT2D eigenvalue weighted by Gasteiger charge is 2.62. The monoisotopic (exact) mass is 377 g/mol. The van der Waals surface area contributed by atoms with Gasteiger partial charge in [0, 0.05) is 44.2 Å². The van der Waals surface area contributed by atoms with Gasteiger partial charge in [-0.3, -0.25) is 14.4 Å². The number of hydrogen-bond donors (Lipinski definition) is 0. The van der Waals surface area contributed by atoms with Crippen LogP contribution in [0.2, 0.25) is 0 Å². The molecule has 1 heterocycles. The van der Waals surface area contributed by atoms with Gasteiger partial charge in [0.2, 0.25) is 0 Å². The molecule has 0 amide bonds. The highest BCUT2D eigenvalue weighted by molar-refractivity contribution is 6.00. The SMILES string of the molecule is CC(=O)O[C@H]1C[C@@](C)(OC(C)=O)C[C@H]2CC(=O)/C3=C/CCN(C)CCC[C@@]321. The van der Waals surface area contributed by atoms with E-state index in [-0.39, 0.29) is 23.6 Å². The zero-order chi connectivity index (χ0) is 19.8. The molecule has 0 N–H and O–H groups in total. The van der Waals surface area contributed by atoms with E-state index in [1.807, 2.05) is 6.92 Å². The van der Waals surface area contributed by atoms with Crippen LogP contribution in [0.4, 0.5) is 0 Å². The number of carbonyl (C=O) groups is 3. The summed E-state index contributed by atoms with van der Waals surface area (Å²) in [7, 11) is 2.10. The van der Waals surface area contributed by atoms with E-state index in [1.165, 1.54) is 13.8 Å². The Bertz CT molecular complexity index is 671. The summed E-state index contributed by atoms with van der Waals surface area (Å²) in [6.45, 7) is 6.58. The summed E-state index contributed by atoms with van der Waals surface area (Å²) in [5.41, 5.74) is -0.320. The molecule has 2 fully saturated rings. The van der Waals surface area contributed by atoms with E-state index in [9.17, 15) is 14.4 Å². The van der Waals surface area contributed by atoms with Crippen LogP contribution in [0.1, 0.15) is 59.3 Å². The molecule has 0 saturated heterocycles. The van der Waals surface area contributed by atoms with Crippen molar-refractivity contribution in [3.8, 4) is 0 Å². The summed E-state index contributed by atoms with van der Waals surface area (Å²) in [6.07, 6.45) is 5.71. The molecule has 0 bridgehead atoms. The van der Waals surface area contributed by atoms with Crippen molar-refractivity contribution in [2.24, 2.45) is 11.3 Å². The smallest absolute Gasteiger partial charge is 0.303 e. The minimum Gasteiger partial charge on any atom is -0.461 e. The lowest BCUT2D eigenvalue weighted by Crippen LogP contribution is -2.54. The van der Waals surface area contributed by atoms with Crippen LogP contribution < -0.4 is 0 Å². The number of esters is 2. The molecule has 150 valence electrons. The van der Waals surface area contributed by atoms with E-state index in [2.05, 4.69) is 18.0 Å². The van der Waals surface area contributed by atoms with E-state index in [1.54, 1.807) is 0 Å². The number of ketones is 1. The van der Waals surface area contributed by atoms with Crippen molar-refractivity contribution in [1.82, 2.24) is 4.90 Å². The molecule has 6 nitrogen and oxygen atoms in total. The molecule has 3 aliphatic rings. The van der Waals surface area contributed by atoms with Crippen molar-refractivity contribution in [2.75, 3.05) is 20.1 Å². The Hall–Kier alpha value is -1.69. The van der Waals surface area contributed by atoms with Crippen LogP contribution in [0.25, 0.3) is 0 Å². The highest BCUT2D eigenvalue weighted by Crippen LogP contribution is 2.60. The van der Waals surface area contributed by atoms with Crippen molar-refractivity contribution >= 4 is 17.7 Å². The molecule has 2 saturated carbocycles. The van der Waals surface area contributed by atoms with Crippen molar-refractivity contribution in [3.63, 3.8) is 0 Å². The van der Waals surface area contributed by atoms with Crippen LogP contribution in [0.3, 0.4) is 0 Å². The molecule has 0 unspecified atom stereocenters. The first-order valence-electron chi connectivity index (χ1n) is 9.95. The Kier molecular flexibility index (Phi) is 5.48. The Labute approximate surface area is 161 Å². The van der Waals surface area contributed by atoms with Crippen LogP contribution in [-0.4, -0.2) is 54.5 Å². The van der Waals surface area contributed by atoms with Gasteiger partial charge in [-0.25, -0.2) is 0 Å². The molecule has 3 rings (SSSR count). The number of ether oxygens (including phenoxy) is 2. The second kappa shape index (κ2) is 7.38. The third-order valence-corrected chi connectivity index (χ3v) is 6.52. The van der Waals surface area contributed by atoms with Gasteiger partial charge >= 0.3 is 11.9 Å². The van der Waals surface area contributed by atoms with Gasteiger partial charge in [0.15, 0.2) is 5.78 Å². The predicted octanol–water partition coefficient (Wildman–Crippen LogP) is 2.65. The summed E-state index contributed by atoms with van der Waals surface area (Å²) in [6, 6.07) is 0. The van der Waals surface area contributed by atoms with E-state index in [4.69, 9.17) is 9.47 Å². The third-order valence-electron chi connectivity index (χ3n) is 6.52. The second-order valence-electron chi connectivity index (χ2n) is 8.73. The highest BCUT2D eigenvalue weighted by atomic mass is 16.6. The number of rotatable bonds is 2. The van der Waals surface area contributed by atoms with Crippen LogP contribution in [0, 0.1) is 11.3 Å². The quantitative estimate of drug-likeness (QED) is 0.689. The summed E-state index contributed by atoms with van der Waals surface area (Å²) in [4.78, 5) is 38.8. The zero-order valence-corrected chi connectivity index (χ0v) is 16.9. The molecule has 0 aromatic heterocycles.